The van der Waals surface area contributed by atoms with Gasteiger partial charge in [-0.25, -0.2) is 28.1 Å². The molecule has 0 atom stereocenters. The van der Waals surface area contributed by atoms with Crippen molar-refractivity contribution in [2.24, 2.45) is 0 Å². The lowest BCUT2D eigenvalue weighted by Gasteiger charge is -2.23. The largest absolute Gasteiger partial charge is 0.359 e. The van der Waals surface area contributed by atoms with Crippen LogP contribution in [0.3, 0.4) is 0 Å². The molecule has 3 aromatic heterocycles. The molecule has 0 spiro atoms. The highest BCUT2D eigenvalue weighted by atomic mass is 19.1. The van der Waals surface area contributed by atoms with Gasteiger partial charge in [0, 0.05) is 16.8 Å². The second-order valence-electron chi connectivity index (χ2n) is 12.4. The number of rotatable bonds is 9. The molecule has 250 valence electrons. The molecule has 51 heavy (non-hydrogen) atoms. The SMILES string of the molecule is Cc1ccc(-n2cc(CN(Cc3cn(-c4ccc(C)cc4)nn3)c3ccc4nc(-c5ccc(F)cc5)c(-c5ccc(F)cc5)nc4c3)nn2)cc1. The van der Waals surface area contributed by atoms with Gasteiger partial charge in [0.1, 0.15) is 23.0 Å². The van der Waals surface area contributed by atoms with Gasteiger partial charge in [0.05, 0.1) is 59.3 Å². The summed E-state index contributed by atoms with van der Waals surface area (Å²) in [5.41, 5.74) is 10.3. The molecule has 0 unspecified atom stereocenters. The first-order valence-corrected chi connectivity index (χ1v) is 16.4. The molecule has 5 aromatic carbocycles. The summed E-state index contributed by atoms with van der Waals surface area (Å²) >= 11 is 0. The second-order valence-corrected chi connectivity index (χ2v) is 12.4. The van der Waals surface area contributed by atoms with E-state index >= 15 is 0 Å². The molecule has 3 heterocycles. The van der Waals surface area contributed by atoms with E-state index in [2.05, 4.69) is 25.5 Å². The van der Waals surface area contributed by atoms with E-state index in [9.17, 15) is 8.78 Å². The molecule has 0 fully saturated rings. The average Bonchev–Trinajstić information content (AvgIpc) is 3.82. The monoisotopic (exact) mass is 675 g/mol. The lowest BCUT2D eigenvalue weighted by Crippen LogP contribution is -2.22. The van der Waals surface area contributed by atoms with Gasteiger partial charge in [0.2, 0.25) is 0 Å². The zero-order valence-corrected chi connectivity index (χ0v) is 27.8. The minimum absolute atomic E-state index is 0.349. The van der Waals surface area contributed by atoms with Gasteiger partial charge in [-0.2, -0.15) is 0 Å². The molecule has 0 amide bonds. The summed E-state index contributed by atoms with van der Waals surface area (Å²) in [6, 6.07) is 34.3. The van der Waals surface area contributed by atoms with Crippen molar-refractivity contribution in [3.8, 4) is 33.9 Å². The van der Waals surface area contributed by atoms with Crippen molar-refractivity contribution < 1.29 is 8.78 Å². The van der Waals surface area contributed by atoms with E-state index in [-0.39, 0.29) is 11.6 Å². The van der Waals surface area contributed by atoms with E-state index in [1.165, 1.54) is 24.3 Å². The summed E-state index contributed by atoms with van der Waals surface area (Å²) in [4.78, 5) is 12.2. The second kappa shape index (κ2) is 13.4. The number of fused-ring (bicyclic) bond motifs is 1. The zero-order chi connectivity index (χ0) is 34.9. The molecule has 8 aromatic rings. The molecule has 0 aliphatic rings. The third kappa shape index (κ3) is 6.82. The third-order valence-corrected chi connectivity index (χ3v) is 8.63. The normalized spacial score (nSPS) is 11.3. The van der Waals surface area contributed by atoms with Crippen LogP contribution in [0.4, 0.5) is 14.5 Å². The van der Waals surface area contributed by atoms with Crippen LogP contribution in [0, 0.1) is 25.5 Å². The first-order valence-electron chi connectivity index (χ1n) is 16.4. The lowest BCUT2D eigenvalue weighted by atomic mass is 10.0. The molecular weight excluding hydrogens is 644 g/mol. The molecule has 9 nitrogen and oxygen atoms in total. The van der Waals surface area contributed by atoms with Gasteiger partial charge >= 0.3 is 0 Å². The molecule has 0 N–H and O–H groups in total. The predicted molar refractivity (Wildman–Crippen MR) is 192 cm³/mol. The van der Waals surface area contributed by atoms with Crippen LogP contribution < -0.4 is 4.90 Å². The van der Waals surface area contributed by atoms with Gasteiger partial charge in [-0.1, -0.05) is 45.8 Å². The highest BCUT2D eigenvalue weighted by Gasteiger charge is 2.18. The predicted octanol–water partition coefficient (Wildman–Crippen LogP) is 8.23. The zero-order valence-electron chi connectivity index (χ0n) is 27.8. The third-order valence-electron chi connectivity index (χ3n) is 8.63. The Morgan fingerprint density at radius 1 is 0.529 bits per heavy atom. The number of hydrogen-bond donors (Lipinski definition) is 0. The Hall–Kier alpha value is -6.62. The fourth-order valence-corrected chi connectivity index (χ4v) is 5.88. The van der Waals surface area contributed by atoms with Crippen LogP contribution in [0.5, 0.6) is 0 Å². The van der Waals surface area contributed by atoms with Crippen molar-refractivity contribution >= 4 is 16.7 Å². The van der Waals surface area contributed by atoms with Crippen molar-refractivity contribution in [3.05, 3.63) is 162 Å². The van der Waals surface area contributed by atoms with Crippen molar-refractivity contribution in [3.63, 3.8) is 0 Å². The number of nitrogens with zero attached hydrogens (tertiary/aromatic N) is 9. The fraction of sp³-hybridized carbons (Fsp3) is 0.100. The van der Waals surface area contributed by atoms with Crippen molar-refractivity contribution in [2.45, 2.75) is 26.9 Å². The van der Waals surface area contributed by atoms with Crippen LogP contribution in [-0.2, 0) is 13.1 Å². The van der Waals surface area contributed by atoms with Crippen molar-refractivity contribution in [2.75, 3.05) is 4.90 Å². The Kier molecular flexibility index (Phi) is 8.28. The van der Waals surface area contributed by atoms with Gasteiger partial charge in [-0.15, -0.1) is 10.2 Å². The molecule has 8 rings (SSSR count). The number of hydrogen-bond acceptors (Lipinski definition) is 7. The van der Waals surface area contributed by atoms with E-state index in [1.807, 2.05) is 93.0 Å². The molecule has 0 aliphatic heterocycles. The maximum Gasteiger partial charge on any atom is 0.123 e. The highest BCUT2D eigenvalue weighted by molar-refractivity contribution is 5.88. The summed E-state index contributed by atoms with van der Waals surface area (Å²) in [6.07, 6.45) is 3.84. The Morgan fingerprint density at radius 2 is 0.980 bits per heavy atom. The summed E-state index contributed by atoms with van der Waals surface area (Å²) in [7, 11) is 0. The standard InChI is InChI=1S/C40H31F2N9/c1-26-3-15-34(16-4-26)50-24-32(45-47-50)22-49(23-33-25-51(48-46-33)35-17-5-27(2)6-18-35)36-19-20-37-38(21-36)44-40(29-9-13-31(42)14-10-29)39(43-37)28-7-11-30(41)12-8-28/h3-21,24-25H,22-23H2,1-2H3. The quantitative estimate of drug-likeness (QED) is 0.152. The Balaban J connectivity index is 1.19. The smallest absolute Gasteiger partial charge is 0.123 e. The van der Waals surface area contributed by atoms with Gasteiger partial charge in [-0.05, 0) is 105 Å². The first kappa shape index (κ1) is 31.6. The molecular formula is C40H31F2N9. The Labute approximate surface area is 292 Å². The topological polar surface area (TPSA) is 90.4 Å². The average molecular weight is 676 g/mol. The van der Waals surface area contributed by atoms with Crippen molar-refractivity contribution in [1.82, 2.24) is 40.0 Å². The summed E-state index contributed by atoms with van der Waals surface area (Å²) in [5, 5.41) is 17.8. The number of aryl methyl sites for hydroxylation is 2. The van der Waals surface area contributed by atoms with Gasteiger partial charge in [0.25, 0.3) is 0 Å². The van der Waals surface area contributed by atoms with Crippen LogP contribution in [0.1, 0.15) is 22.5 Å². The first-order chi connectivity index (χ1) is 24.8. The summed E-state index contributed by atoms with van der Waals surface area (Å²) < 4.78 is 31.3. The molecule has 0 bridgehead atoms. The Morgan fingerprint density at radius 3 is 1.45 bits per heavy atom. The number of aromatic nitrogens is 8. The van der Waals surface area contributed by atoms with E-state index in [4.69, 9.17) is 9.97 Å². The van der Waals surface area contributed by atoms with Crippen LogP contribution in [0.2, 0.25) is 0 Å². The summed E-state index contributed by atoms with van der Waals surface area (Å²) in [6.45, 7) is 4.93. The van der Waals surface area contributed by atoms with Crippen molar-refractivity contribution in [1.29, 1.82) is 0 Å². The molecule has 0 saturated heterocycles. The number of halogens is 2. The minimum atomic E-state index is -0.354. The van der Waals surface area contributed by atoms with E-state index in [1.54, 1.807) is 33.6 Å². The number of benzene rings is 5. The van der Waals surface area contributed by atoms with Gasteiger partial charge in [0.15, 0.2) is 0 Å². The van der Waals surface area contributed by atoms with E-state index < -0.39 is 0 Å². The Bertz CT molecular complexity index is 2370. The lowest BCUT2D eigenvalue weighted by molar-refractivity contribution is 0.627. The molecule has 0 aliphatic carbocycles. The number of anilines is 1. The van der Waals surface area contributed by atoms with Crippen LogP contribution in [0.25, 0.3) is 44.9 Å². The van der Waals surface area contributed by atoms with E-state index in [0.717, 1.165) is 39.6 Å². The van der Waals surface area contributed by atoms with Crippen LogP contribution in [0.15, 0.2) is 128 Å². The van der Waals surface area contributed by atoms with Gasteiger partial charge in [-0.3, -0.25) is 0 Å². The van der Waals surface area contributed by atoms with Gasteiger partial charge < -0.3 is 4.90 Å². The fourth-order valence-electron chi connectivity index (χ4n) is 5.88. The maximum atomic E-state index is 13.9. The summed E-state index contributed by atoms with van der Waals surface area (Å²) in [5.74, 6) is -0.703. The molecule has 0 radical (unpaired) electrons. The van der Waals surface area contributed by atoms with Crippen LogP contribution in [-0.4, -0.2) is 40.0 Å². The maximum absolute atomic E-state index is 13.9. The van der Waals surface area contributed by atoms with E-state index in [0.29, 0.717) is 46.6 Å². The molecule has 11 heteroatoms. The minimum Gasteiger partial charge on any atom is -0.359 e. The highest BCUT2D eigenvalue weighted by Crippen LogP contribution is 2.33. The van der Waals surface area contributed by atoms with Crippen LogP contribution >= 0.6 is 0 Å². The molecule has 0 saturated carbocycles.